The molecule has 15 heavy (non-hydrogen) atoms. The summed E-state index contributed by atoms with van der Waals surface area (Å²) in [6.45, 7) is 4.02. The lowest BCUT2D eigenvalue weighted by Crippen LogP contribution is -2.35. The molecule has 0 aliphatic carbocycles. The molecule has 0 saturated carbocycles. The van der Waals surface area contributed by atoms with Crippen LogP contribution in [0.3, 0.4) is 0 Å². The van der Waals surface area contributed by atoms with Gasteiger partial charge < -0.3 is 4.90 Å². The molecule has 2 heterocycles. The van der Waals surface area contributed by atoms with Crippen molar-refractivity contribution in [1.82, 2.24) is 4.98 Å². The van der Waals surface area contributed by atoms with Gasteiger partial charge in [-0.05, 0) is 40.8 Å². The maximum absolute atomic E-state index is 13.6. The predicted octanol–water partition coefficient (Wildman–Crippen LogP) is 3.22. The molecule has 1 unspecified atom stereocenters. The van der Waals surface area contributed by atoms with Crippen molar-refractivity contribution in [2.75, 3.05) is 18.0 Å². The number of anilines is 1. The highest BCUT2D eigenvalue weighted by Crippen LogP contribution is 2.24. The smallest absolute Gasteiger partial charge is 0.166 e. The third kappa shape index (κ3) is 2.48. The summed E-state index contributed by atoms with van der Waals surface area (Å²) < 4.78 is 14.3. The van der Waals surface area contributed by atoms with Crippen molar-refractivity contribution in [3.63, 3.8) is 0 Å². The first-order chi connectivity index (χ1) is 7.16. The van der Waals surface area contributed by atoms with Crippen molar-refractivity contribution >= 4 is 21.7 Å². The molecule has 0 aromatic carbocycles. The van der Waals surface area contributed by atoms with Gasteiger partial charge in [-0.2, -0.15) is 0 Å². The first-order valence-electron chi connectivity index (χ1n) is 5.23. The van der Waals surface area contributed by atoms with Gasteiger partial charge in [-0.15, -0.1) is 0 Å². The fourth-order valence-electron chi connectivity index (χ4n) is 2.02. The normalized spacial score (nSPS) is 21.8. The number of rotatable bonds is 1. The van der Waals surface area contributed by atoms with Gasteiger partial charge in [0, 0.05) is 23.8 Å². The Morgan fingerprint density at radius 2 is 2.40 bits per heavy atom. The van der Waals surface area contributed by atoms with Gasteiger partial charge in [0.1, 0.15) is 0 Å². The molecule has 1 fully saturated rings. The molecule has 0 spiro atoms. The number of hydrogen-bond donors (Lipinski definition) is 0. The molecule has 2 rings (SSSR count). The second kappa shape index (κ2) is 4.47. The fraction of sp³-hybridized carbons (Fsp3) is 0.545. The van der Waals surface area contributed by atoms with E-state index in [1.165, 1.54) is 12.5 Å². The summed E-state index contributed by atoms with van der Waals surface area (Å²) in [5.41, 5.74) is 0. The molecular formula is C11H14BrFN2. The van der Waals surface area contributed by atoms with E-state index < -0.39 is 0 Å². The van der Waals surface area contributed by atoms with Crippen LogP contribution in [0.1, 0.15) is 19.8 Å². The van der Waals surface area contributed by atoms with Crippen molar-refractivity contribution in [2.24, 2.45) is 5.92 Å². The predicted molar refractivity (Wildman–Crippen MR) is 62.5 cm³/mol. The Bertz CT molecular complexity index is 356. The molecule has 1 aromatic heterocycles. The van der Waals surface area contributed by atoms with Gasteiger partial charge >= 0.3 is 0 Å². The van der Waals surface area contributed by atoms with Crippen LogP contribution < -0.4 is 4.90 Å². The Morgan fingerprint density at radius 1 is 1.60 bits per heavy atom. The van der Waals surface area contributed by atoms with Crippen molar-refractivity contribution in [3.8, 4) is 0 Å². The van der Waals surface area contributed by atoms with Crippen LogP contribution in [0.4, 0.5) is 10.2 Å². The maximum Gasteiger partial charge on any atom is 0.166 e. The molecule has 1 aromatic rings. The molecule has 2 nitrogen and oxygen atoms in total. The van der Waals surface area contributed by atoms with Gasteiger partial charge in [-0.25, -0.2) is 9.37 Å². The molecule has 4 heteroatoms. The minimum atomic E-state index is -0.238. The Hall–Kier alpha value is -0.640. The summed E-state index contributed by atoms with van der Waals surface area (Å²) in [6.07, 6.45) is 4.00. The zero-order valence-corrected chi connectivity index (χ0v) is 10.3. The molecule has 1 aliphatic rings. The lowest BCUT2D eigenvalue weighted by Gasteiger charge is -2.31. The van der Waals surface area contributed by atoms with Crippen molar-refractivity contribution in [3.05, 3.63) is 22.6 Å². The summed E-state index contributed by atoms with van der Waals surface area (Å²) in [6, 6.07) is 1.47. The summed E-state index contributed by atoms with van der Waals surface area (Å²) in [5, 5.41) is 0. The molecule has 0 N–H and O–H groups in total. The van der Waals surface area contributed by atoms with Crippen LogP contribution in [0.5, 0.6) is 0 Å². The summed E-state index contributed by atoms with van der Waals surface area (Å²) in [4.78, 5) is 6.18. The highest BCUT2D eigenvalue weighted by Gasteiger charge is 2.20. The topological polar surface area (TPSA) is 16.1 Å². The molecule has 0 amide bonds. The number of nitrogens with zero attached hydrogens (tertiary/aromatic N) is 2. The van der Waals surface area contributed by atoms with Gasteiger partial charge in [0.2, 0.25) is 0 Å². The van der Waals surface area contributed by atoms with E-state index in [9.17, 15) is 4.39 Å². The van der Waals surface area contributed by atoms with E-state index in [4.69, 9.17) is 0 Å². The van der Waals surface area contributed by atoms with Gasteiger partial charge in [-0.3, -0.25) is 0 Å². The SMILES string of the molecule is CC1CCCN(c2ncc(Br)cc2F)C1. The lowest BCUT2D eigenvalue weighted by molar-refractivity contribution is 0.439. The fourth-order valence-corrected chi connectivity index (χ4v) is 2.33. The van der Waals surface area contributed by atoms with Crippen LogP contribution in [0.15, 0.2) is 16.7 Å². The van der Waals surface area contributed by atoms with E-state index in [-0.39, 0.29) is 5.82 Å². The van der Waals surface area contributed by atoms with E-state index >= 15 is 0 Å². The van der Waals surface area contributed by atoms with Crippen molar-refractivity contribution in [1.29, 1.82) is 0 Å². The number of piperidine rings is 1. The van der Waals surface area contributed by atoms with Crippen LogP contribution in [-0.2, 0) is 0 Å². The van der Waals surface area contributed by atoms with Gasteiger partial charge in [0.05, 0.1) is 0 Å². The van der Waals surface area contributed by atoms with Gasteiger partial charge in [-0.1, -0.05) is 6.92 Å². The third-order valence-corrected chi connectivity index (χ3v) is 3.18. The van der Waals surface area contributed by atoms with Crippen LogP contribution in [0, 0.1) is 11.7 Å². The monoisotopic (exact) mass is 272 g/mol. The quantitative estimate of drug-likeness (QED) is 0.781. The highest BCUT2D eigenvalue weighted by atomic mass is 79.9. The van der Waals surface area contributed by atoms with Crippen LogP contribution in [0.2, 0.25) is 0 Å². The molecule has 0 bridgehead atoms. The second-order valence-electron chi connectivity index (χ2n) is 4.15. The number of pyridine rings is 1. The average molecular weight is 273 g/mol. The number of halogens is 2. The van der Waals surface area contributed by atoms with Gasteiger partial charge in [0.15, 0.2) is 11.6 Å². The Balaban J connectivity index is 2.21. The Kier molecular flexibility index (Phi) is 3.24. The Morgan fingerprint density at radius 3 is 3.07 bits per heavy atom. The molecule has 1 atom stereocenters. The van der Waals surface area contributed by atoms with Crippen LogP contribution >= 0.6 is 15.9 Å². The highest BCUT2D eigenvalue weighted by molar-refractivity contribution is 9.10. The average Bonchev–Trinajstić information content (AvgIpc) is 2.17. The standard InChI is InChI=1S/C11H14BrFN2/c1-8-3-2-4-15(7-8)11-10(13)5-9(12)6-14-11/h5-6,8H,2-4,7H2,1H3. The summed E-state index contributed by atoms with van der Waals surface area (Å²) in [5.74, 6) is 0.881. The summed E-state index contributed by atoms with van der Waals surface area (Å²) in [7, 11) is 0. The Labute approximate surface area is 97.6 Å². The van der Waals surface area contributed by atoms with Crippen LogP contribution in [-0.4, -0.2) is 18.1 Å². The van der Waals surface area contributed by atoms with E-state index in [2.05, 4.69) is 27.8 Å². The maximum atomic E-state index is 13.6. The molecule has 1 saturated heterocycles. The van der Waals surface area contributed by atoms with E-state index in [0.717, 1.165) is 19.5 Å². The van der Waals surface area contributed by atoms with E-state index in [1.807, 2.05) is 4.90 Å². The minimum absolute atomic E-state index is 0.238. The van der Waals surface area contributed by atoms with Crippen LogP contribution in [0.25, 0.3) is 0 Å². The number of hydrogen-bond acceptors (Lipinski definition) is 2. The molecule has 1 aliphatic heterocycles. The zero-order chi connectivity index (χ0) is 10.8. The molecular weight excluding hydrogens is 259 g/mol. The van der Waals surface area contributed by atoms with E-state index in [0.29, 0.717) is 16.2 Å². The zero-order valence-electron chi connectivity index (χ0n) is 8.71. The first kappa shape index (κ1) is 10.9. The number of aromatic nitrogens is 1. The van der Waals surface area contributed by atoms with E-state index in [1.54, 1.807) is 6.20 Å². The summed E-state index contributed by atoms with van der Waals surface area (Å²) >= 11 is 3.21. The minimum Gasteiger partial charge on any atom is -0.354 e. The molecule has 0 radical (unpaired) electrons. The lowest BCUT2D eigenvalue weighted by atomic mass is 10.0. The first-order valence-corrected chi connectivity index (χ1v) is 6.02. The third-order valence-electron chi connectivity index (χ3n) is 2.74. The second-order valence-corrected chi connectivity index (χ2v) is 5.07. The van der Waals surface area contributed by atoms with Gasteiger partial charge in [0.25, 0.3) is 0 Å². The van der Waals surface area contributed by atoms with Crippen molar-refractivity contribution in [2.45, 2.75) is 19.8 Å². The molecule has 82 valence electrons. The largest absolute Gasteiger partial charge is 0.354 e. The van der Waals surface area contributed by atoms with Crippen molar-refractivity contribution < 1.29 is 4.39 Å².